The fourth-order valence-corrected chi connectivity index (χ4v) is 3.17. The van der Waals surface area contributed by atoms with E-state index in [2.05, 4.69) is 24.1 Å². The molecule has 2 atom stereocenters. The molecule has 2 saturated heterocycles. The number of hydrogen-bond acceptors (Lipinski definition) is 3. The van der Waals surface area contributed by atoms with Gasteiger partial charge in [0.05, 0.1) is 0 Å². The lowest BCUT2D eigenvalue weighted by molar-refractivity contribution is 0.108. The molecule has 0 aromatic heterocycles. The van der Waals surface area contributed by atoms with Crippen LogP contribution in [0, 0.1) is 0 Å². The lowest BCUT2D eigenvalue weighted by Crippen LogP contribution is -2.47. The predicted octanol–water partition coefficient (Wildman–Crippen LogP) is 2.02. The summed E-state index contributed by atoms with van der Waals surface area (Å²) in [5, 5.41) is 3.62. The molecule has 17 heavy (non-hydrogen) atoms. The van der Waals surface area contributed by atoms with Gasteiger partial charge in [0.1, 0.15) is 0 Å². The summed E-state index contributed by atoms with van der Waals surface area (Å²) in [6.07, 6.45) is 6.46. The van der Waals surface area contributed by atoms with Crippen molar-refractivity contribution >= 4 is 0 Å². The topological polar surface area (TPSA) is 24.5 Å². The smallest absolute Gasteiger partial charge is 0.0480 e. The van der Waals surface area contributed by atoms with Gasteiger partial charge in [0.15, 0.2) is 0 Å². The molecule has 2 unspecified atom stereocenters. The zero-order valence-corrected chi connectivity index (χ0v) is 11.5. The lowest BCUT2D eigenvalue weighted by Gasteiger charge is -2.36. The number of rotatable bonds is 4. The normalized spacial score (nSPS) is 31.1. The molecule has 0 spiro atoms. The summed E-state index contributed by atoms with van der Waals surface area (Å²) in [7, 11) is 0. The van der Waals surface area contributed by atoms with Gasteiger partial charge in [-0.3, -0.25) is 4.90 Å². The van der Waals surface area contributed by atoms with Crippen LogP contribution in [-0.4, -0.2) is 49.3 Å². The zero-order chi connectivity index (χ0) is 12.1. The summed E-state index contributed by atoms with van der Waals surface area (Å²) >= 11 is 0. The second-order valence-corrected chi connectivity index (χ2v) is 5.78. The average molecular weight is 240 g/mol. The van der Waals surface area contributed by atoms with Gasteiger partial charge in [-0.05, 0) is 52.5 Å². The van der Waals surface area contributed by atoms with E-state index in [0.717, 1.165) is 25.3 Å². The maximum atomic E-state index is 5.58. The van der Waals surface area contributed by atoms with Crippen molar-refractivity contribution in [1.82, 2.24) is 10.2 Å². The minimum Gasteiger partial charge on any atom is -0.381 e. The highest BCUT2D eigenvalue weighted by Gasteiger charge is 2.26. The third kappa shape index (κ3) is 3.94. The molecule has 1 N–H and O–H groups in total. The van der Waals surface area contributed by atoms with Gasteiger partial charge in [-0.2, -0.15) is 0 Å². The van der Waals surface area contributed by atoms with Gasteiger partial charge in [-0.25, -0.2) is 0 Å². The Morgan fingerprint density at radius 1 is 1.18 bits per heavy atom. The van der Waals surface area contributed by atoms with E-state index in [9.17, 15) is 0 Å². The maximum absolute atomic E-state index is 5.58. The Bertz CT molecular complexity index is 206. The Balaban J connectivity index is 1.89. The molecule has 0 aliphatic carbocycles. The van der Waals surface area contributed by atoms with Crippen molar-refractivity contribution in [2.45, 2.75) is 64.1 Å². The van der Waals surface area contributed by atoms with Gasteiger partial charge in [-0.1, -0.05) is 0 Å². The van der Waals surface area contributed by atoms with Gasteiger partial charge in [0.25, 0.3) is 0 Å². The third-order valence-corrected chi connectivity index (χ3v) is 4.15. The molecule has 100 valence electrons. The maximum Gasteiger partial charge on any atom is 0.0480 e. The minimum atomic E-state index is 0.653. The third-order valence-electron chi connectivity index (χ3n) is 4.15. The summed E-state index contributed by atoms with van der Waals surface area (Å²) in [5.41, 5.74) is 0. The summed E-state index contributed by atoms with van der Waals surface area (Å²) in [6.45, 7) is 9.02. The van der Waals surface area contributed by atoms with Crippen LogP contribution in [0.15, 0.2) is 0 Å². The second kappa shape index (κ2) is 6.72. The number of ether oxygens (including phenoxy) is 1. The summed E-state index contributed by atoms with van der Waals surface area (Å²) in [4.78, 5) is 2.71. The van der Waals surface area contributed by atoms with E-state index >= 15 is 0 Å². The number of nitrogens with zero attached hydrogens (tertiary/aromatic N) is 1. The van der Waals surface area contributed by atoms with Crippen molar-refractivity contribution in [3.05, 3.63) is 0 Å². The molecule has 0 bridgehead atoms. The molecule has 2 aliphatic heterocycles. The molecule has 2 fully saturated rings. The molecule has 0 saturated carbocycles. The van der Waals surface area contributed by atoms with Crippen molar-refractivity contribution in [3.8, 4) is 0 Å². The SMILES string of the molecule is CC(C)N(CC1CCCN1)C1CCCOCC1. The fraction of sp³-hybridized carbons (Fsp3) is 1.00. The molecule has 2 rings (SSSR count). The highest BCUT2D eigenvalue weighted by molar-refractivity contribution is 4.83. The molecular weight excluding hydrogens is 212 g/mol. The van der Waals surface area contributed by atoms with Gasteiger partial charge in [-0.15, -0.1) is 0 Å². The van der Waals surface area contributed by atoms with Gasteiger partial charge in [0, 0.05) is 37.9 Å². The lowest BCUT2D eigenvalue weighted by atomic mass is 10.0. The monoisotopic (exact) mass is 240 g/mol. The Morgan fingerprint density at radius 3 is 2.76 bits per heavy atom. The first-order chi connectivity index (χ1) is 8.27. The van der Waals surface area contributed by atoms with Crippen molar-refractivity contribution in [3.63, 3.8) is 0 Å². The molecule has 0 amide bonds. The average Bonchev–Trinajstić information content (AvgIpc) is 2.67. The van der Waals surface area contributed by atoms with E-state index < -0.39 is 0 Å². The second-order valence-electron chi connectivity index (χ2n) is 5.78. The molecule has 2 heterocycles. The van der Waals surface area contributed by atoms with Crippen molar-refractivity contribution < 1.29 is 4.74 Å². The van der Waals surface area contributed by atoms with E-state index in [-0.39, 0.29) is 0 Å². The fourth-order valence-electron chi connectivity index (χ4n) is 3.17. The van der Waals surface area contributed by atoms with Crippen LogP contribution in [0.2, 0.25) is 0 Å². The Morgan fingerprint density at radius 2 is 2.06 bits per heavy atom. The van der Waals surface area contributed by atoms with Crippen LogP contribution < -0.4 is 5.32 Å². The molecule has 0 aromatic rings. The summed E-state index contributed by atoms with van der Waals surface area (Å²) in [5.74, 6) is 0. The predicted molar refractivity (Wildman–Crippen MR) is 71.3 cm³/mol. The Labute approximate surface area is 106 Å². The molecular formula is C14H28N2O. The van der Waals surface area contributed by atoms with Gasteiger partial charge in [0.2, 0.25) is 0 Å². The Hall–Kier alpha value is -0.120. The van der Waals surface area contributed by atoms with Crippen LogP contribution in [0.4, 0.5) is 0 Å². The number of hydrogen-bond donors (Lipinski definition) is 1. The van der Waals surface area contributed by atoms with Crippen LogP contribution in [0.3, 0.4) is 0 Å². The number of nitrogens with one attached hydrogen (secondary N) is 1. The first kappa shape index (κ1) is 13.3. The van der Waals surface area contributed by atoms with Crippen molar-refractivity contribution in [1.29, 1.82) is 0 Å². The first-order valence-corrected chi connectivity index (χ1v) is 7.34. The van der Waals surface area contributed by atoms with Crippen LogP contribution in [0.1, 0.15) is 46.0 Å². The first-order valence-electron chi connectivity index (χ1n) is 7.34. The highest BCUT2D eigenvalue weighted by Crippen LogP contribution is 2.20. The summed E-state index contributed by atoms with van der Waals surface area (Å²) < 4.78 is 5.58. The van der Waals surface area contributed by atoms with Crippen LogP contribution in [0.5, 0.6) is 0 Å². The molecule has 0 radical (unpaired) electrons. The van der Waals surface area contributed by atoms with Crippen molar-refractivity contribution in [2.75, 3.05) is 26.3 Å². The minimum absolute atomic E-state index is 0.653. The zero-order valence-electron chi connectivity index (χ0n) is 11.5. The summed E-state index contributed by atoms with van der Waals surface area (Å²) in [6, 6.07) is 2.11. The van der Waals surface area contributed by atoms with Crippen molar-refractivity contribution in [2.24, 2.45) is 0 Å². The molecule has 2 aliphatic rings. The van der Waals surface area contributed by atoms with E-state index in [1.54, 1.807) is 0 Å². The van der Waals surface area contributed by atoms with Gasteiger partial charge < -0.3 is 10.1 Å². The van der Waals surface area contributed by atoms with Gasteiger partial charge >= 0.3 is 0 Å². The highest BCUT2D eigenvalue weighted by atomic mass is 16.5. The van der Waals surface area contributed by atoms with Crippen LogP contribution in [-0.2, 0) is 4.74 Å². The van der Waals surface area contributed by atoms with Crippen LogP contribution >= 0.6 is 0 Å². The van der Waals surface area contributed by atoms with E-state index in [4.69, 9.17) is 4.74 Å². The van der Waals surface area contributed by atoms with E-state index in [1.165, 1.54) is 45.2 Å². The molecule has 3 nitrogen and oxygen atoms in total. The largest absolute Gasteiger partial charge is 0.381 e. The standard InChI is InChI=1S/C14H28N2O/c1-12(2)16(11-13-5-3-8-15-13)14-6-4-9-17-10-7-14/h12-15H,3-11H2,1-2H3. The molecule has 0 aromatic carbocycles. The van der Waals surface area contributed by atoms with Crippen LogP contribution in [0.25, 0.3) is 0 Å². The van der Waals surface area contributed by atoms with E-state index in [0.29, 0.717) is 6.04 Å². The Kier molecular flexibility index (Phi) is 5.26. The quantitative estimate of drug-likeness (QED) is 0.813. The molecule has 3 heteroatoms. The van der Waals surface area contributed by atoms with E-state index in [1.807, 2.05) is 0 Å².